The van der Waals surface area contributed by atoms with Crippen LogP contribution < -0.4 is 0 Å². The molecule has 0 N–H and O–H groups in total. The van der Waals surface area contributed by atoms with Gasteiger partial charge in [0.1, 0.15) is 4.88 Å². The van der Waals surface area contributed by atoms with Crippen molar-refractivity contribution in [3.63, 3.8) is 0 Å². The van der Waals surface area contributed by atoms with Crippen LogP contribution in [0.1, 0.15) is 46.8 Å². The number of aryl methyl sites for hydroxylation is 2. The molecule has 2 aromatic rings. The zero-order valence-electron chi connectivity index (χ0n) is 10.6. The van der Waals surface area contributed by atoms with Crippen molar-refractivity contribution in [3.8, 4) is 0 Å². The third-order valence-corrected chi connectivity index (χ3v) is 3.62. The smallest absolute Gasteiger partial charge is 0.206 e. The third kappa shape index (κ3) is 2.64. The summed E-state index contributed by atoms with van der Waals surface area (Å²) in [5.74, 6) is 0.0323. The summed E-state index contributed by atoms with van der Waals surface area (Å²) >= 11 is 1.18. The van der Waals surface area contributed by atoms with Crippen LogP contribution in [-0.4, -0.2) is 15.4 Å². The first-order valence-electron chi connectivity index (χ1n) is 6.21. The van der Waals surface area contributed by atoms with Crippen LogP contribution in [0.25, 0.3) is 0 Å². The zero-order chi connectivity index (χ0) is 13.0. The number of aromatic nitrogens is 2. The maximum Gasteiger partial charge on any atom is 0.206 e. The van der Waals surface area contributed by atoms with Gasteiger partial charge in [-0.3, -0.25) is 4.79 Å². The Hall–Kier alpha value is -1.55. The molecule has 18 heavy (non-hydrogen) atoms. The summed E-state index contributed by atoms with van der Waals surface area (Å²) in [7, 11) is 0. The fourth-order valence-corrected chi connectivity index (χ4v) is 2.57. The Morgan fingerprint density at radius 1 is 1.22 bits per heavy atom. The minimum atomic E-state index is 0.0323. The van der Waals surface area contributed by atoms with E-state index in [2.05, 4.69) is 16.5 Å². The largest absolute Gasteiger partial charge is 0.288 e. The molecule has 0 unspecified atom stereocenters. The highest BCUT2D eigenvalue weighted by molar-refractivity contribution is 7.08. The van der Waals surface area contributed by atoms with E-state index in [0.29, 0.717) is 4.88 Å². The lowest BCUT2D eigenvalue weighted by Crippen LogP contribution is -2.02. The third-order valence-electron chi connectivity index (χ3n) is 2.85. The van der Waals surface area contributed by atoms with Gasteiger partial charge < -0.3 is 0 Å². The summed E-state index contributed by atoms with van der Waals surface area (Å²) in [6.45, 7) is 4.13. The standard InChI is InChI=1S/C14H16N2OS/c1-3-5-10-6-8-11(9-7-10)13(17)14-12(4-2)15-16-18-14/h6-9H,3-5H2,1-2H3. The van der Waals surface area contributed by atoms with Gasteiger partial charge in [0, 0.05) is 5.56 Å². The lowest BCUT2D eigenvalue weighted by molar-refractivity contribution is 0.104. The number of hydrogen-bond donors (Lipinski definition) is 0. The van der Waals surface area contributed by atoms with Gasteiger partial charge in [0.2, 0.25) is 5.78 Å². The Bertz CT molecular complexity index is 531. The number of carbonyl (C=O) groups excluding carboxylic acids is 1. The molecule has 0 aliphatic carbocycles. The lowest BCUT2D eigenvalue weighted by Gasteiger charge is -2.02. The molecule has 0 radical (unpaired) electrons. The first-order chi connectivity index (χ1) is 8.76. The van der Waals surface area contributed by atoms with Crippen LogP contribution in [0, 0.1) is 0 Å². The van der Waals surface area contributed by atoms with Gasteiger partial charge in [0.15, 0.2) is 0 Å². The van der Waals surface area contributed by atoms with Crippen molar-refractivity contribution in [2.24, 2.45) is 0 Å². The van der Waals surface area contributed by atoms with E-state index in [0.717, 1.165) is 30.5 Å². The summed E-state index contributed by atoms with van der Waals surface area (Å²) in [5, 5.41) is 3.98. The van der Waals surface area contributed by atoms with Gasteiger partial charge in [-0.1, -0.05) is 49.0 Å². The van der Waals surface area contributed by atoms with Crippen molar-refractivity contribution in [2.75, 3.05) is 0 Å². The van der Waals surface area contributed by atoms with Gasteiger partial charge in [-0.2, -0.15) is 0 Å². The quantitative estimate of drug-likeness (QED) is 0.775. The van der Waals surface area contributed by atoms with Crippen molar-refractivity contribution in [2.45, 2.75) is 33.1 Å². The average molecular weight is 260 g/mol. The van der Waals surface area contributed by atoms with Gasteiger partial charge in [-0.25, -0.2) is 0 Å². The van der Waals surface area contributed by atoms with Crippen LogP contribution in [0.3, 0.4) is 0 Å². The number of benzene rings is 1. The molecule has 0 saturated carbocycles. The summed E-state index contributed by atoms with van der Waals surface area (Å²) in [4.78, 5) is 13.0. The number of carbonyl (C=O) groups is 1. The Morgan fingerprint density at radius 3 is 2.56 bits per heavy atom. The summed E-state index contributed by atoms with van der Waals surface area (Å²) < 4.78 is 3.86. The molecule has 0 aliphatic heterocycles. The van der Waals surface area contributed by atoms with E-state index in [1.807, 2.05) is 31.2 Å². The molecule has 1 aromatic carbocycles. The Labute approximate surface area is 111 Å². The van der Waals surface area contributed by atoms with Crippen LogP contribution in [0.15, 0.2) is 24.3 Å². The SMILES string of the molecule is CCCc1ccc(C(=O)c2snnc2CC)cc1. The molecule has 2 rings (SSSR count). The van der Waals surface area contributed by atoms with Gasteiger partial charge in [-0.05, 0) is 29.9 Å². The molecule has 3 nitrogen and oxygen atoms in total. The van der Waals surface area contributed by atoms with E-state index < -0.39 is 0 Å². The first-order valence-corrected chi connectivity index (χ1v) is 6.98. The Kier molecular flexibility index (Phi) is 4.20. The van der Waals surface area contributed by atoms with Crippen LogP contribution in [-0.2, 0) is 12.8 Å². The molecular formula is C14H16N2OS. The van der Waals surface area contributed by atoms with Crippen LogP contribution >= 0.6 is 11.5 Å². The van der Waals surface area contributed by atoms with Crippen molar-refractivity contribution >= 4 is 17.3 Å². The maximum atomic E-state index is 12.3. The fraction of sp³-hybridized carbons (Fsp3) is 0.357. The van der Waals surface area contributed by atoms with E-state index in [-0.39, 0.29) is 5.78 Å². The molecular weight excluding hydrogens is 244 g/mol. The van der Waals surface area contributed by atoms with E-state index in [1.165, 1.54) is 17.1 Å². The second kappa shape index (κ2) is 5.87. The second-order valence-electron chi connectivity index (χ2n) is 4.18. The zero-order valence-corrected chi connectivity index (χ0v) is 11.5. The minimum Gasteiger partial charge on any atom is -0.288 e. The molecule has 0 spiro atoms. The van der Waals surface area contributed by atoms with E-state index >= 15 is 0 Å². The van der Waals surface area contributed by atoms with Gasteiger partial charge in [-0.15, -0.1) is 5.10 Å². The monoisotopic (exact) mass is 260 g/mol. The molecule has 0 fully saturated rings. The number of nitrogens with zero attached hydrogens (tertiary/aromatic N) is 2. The predicted octanol–water partition coefficient (Wildman–Crippen LogP) is 3.28. The molecule has 0 aliphatic rings. The van der Waals surface area contributed by atoms with Crippen LogP contribution in [0.2, 0.25) is 0 Å². The highest BCUT2D eigenvalue weighted by Gasteiger charge is 2.16. The highest BCUT2D eigenvalue weighted by Crippen LogP contribution is 2.17. The number of rotatable bonds is 5. The summed E-state index contributed by atoms with van der Waals surface area (Å²) in [6.07, 6.45) is 2.91. The number of hydrogen-bond acceptors (Lipinski definition) is 4. The minimum absolute atomic E-state index is 0.0323. The van der Waals surface area contributed by atoms with Crippen LogP contribution in [0.5, 0.6) is 0 Å². The van der Waals surface area contributed by atoms with E-state index in [4.69, 9.17) is 0 Å². The maximum absolute atomic E-state index is 12.3. The Balaban J connectivity index is 2.23. The molecule has 1 aromatic heterocycles. The average Bonchev–Trinajstić information content (AvgIpc) is 2.87. The van der Waals surface area contributed by atoms with Gasteiger partial charge >= 0.3 is 0 Å². The van der Waals surface area contributed by atoms with Crippen LogP contribution in [0.4, 0.5) is 0 Å². The van der Waals surface area contributed by atoms with Crippen molar-refractivity contribution in [3.05, 3.63) is 46.0 Å². The summed E-state index contributed by atoms with van der Waals surface area (Å²) in [6, 6.07) is 7.84. The molecule has 4 heteroatoms. The fourth-order valence-electron chi connectivity index (χ4n) is 1.85. The normalized spacial score (nSPS) is 10.6. The summed E-state index contributed by atoms with van der Waals surface area (Å²) in [5.41, 5.74) is 2.78. The first kappa shape index (κ1) is 12.9. The molecule has 0 saturated heterocycles. The molecule has 94 valence electrons. The van der Waals surface area contributed by atoms with Gasteiger partial charge in [0.05, 0.1) is 5.69 Å². The lowest BCUT2D eigenvalue weighted by atomic mass is 10.0. The molecule has 1 heterocycles. The second-order valence-corrected chi connectivity index (χ2v) is 4.93. The molecule has 0 atom stereocenters. The predicted molar refractivity (Wildman–Crippen MR) is 73.2 cm³/mol. The topological polar surface area (TPSA) is 42.9 Å². The van der Waals surface area contributed by atoms with Crippen molar-refractivity contribution < 1.29 is 4.79 Å². The highest BCUT2D eigenvalue weighted by atomic mass is 32.1. The van der Waals surface area contributed by atoms with Crippen molar-refractivity contribution in [1.29, 1.82) is 0 Å². The van der Waals surface area contributed by atoms with E-state index in [9.17, 15) is 4.79 Å². The number of ketones is 1. The van der Waals surface area contributed by atoms with Crippen molar-refractivity contribution in [1.82, 2.24) is 9.59 Å². The Morgan fingerprint density at radius 2 is 1.94 bits per heavy atom. The van der Waals surface area contributed by atoms with Gasteiger partial charge in [0.25, 0.3) is 0 Å². The molecule has 0 amide bonds. The molecule has 0 bridgehead atoms. The van der Waals surface area contributed by atoms with E-state index in [1.54, 1.807) is 0 Å².